The van der Waals surface area contributed by atoms with Crippen molar-refractivity contribution in [1.29, 1.82) is 5.26 Å². The number of carbonyl (C=O) groups is 1. The van der Waals surface area contributed by atoms with Gasteiger partial charge in [0.05, 0.1) is 51.3 Å². The molecule has 1 saturated heterocycles. The predicted octanol–water partition coefficient (Wildman–Crippen LogP) is 2.05. The van der Waals surface area contributed by atoms with Crippen LogP contribution in [0.2, 0.25) is 0 Å². The van der Waals surface area contributed by atoms with Gasteiger partial charge in [-0.2, -0.15) is 5.26 Å². The number of anilines is 1. The topological polar surface area (TPSA) is 255 Å². The molecule has 8 atom stereocenters. The number of imidazole rings is 2. The quantitative estimate of drug-likeness (QED) is 0.0939. The van der Waals surface area contributed by atoms with Crippen molar-refractivity contribution in [3.63, 3.8) is 0 Å². The van der Waals surface area contributed by atoms with Crippen LogP contribution in [0.25, 0.3) is 22.3 Å². The molecule has 2 fully saturated rings. The lowest BCUT2D eigenvalue weighted by Crippen LogP contribution is -2.43. The van der Waals surface area contributed by atoms with Crippen LogP contribution < -0.4 is 10.9 Å². The molecule has 52 heavy (non-hydrogen) atoms. The van der Waals surface area contributed by atoms with Crippen molar-refractivity contribution in [2.75, 3.05) is 31.7 Å². The zero-order valence-corrected chi connectivity index (χ0v) is 28.0. The SMILES string of the molecule is N#CCCOP(=O)(OC[C@H]1C[C@@H](n2cnc3c(=O)[nH]cnc32)[C@@H]1CO)O[C@H]1[C@@H](F)[C@H](n2cnc3c(NC(=O)c4ccccc4)ncnc32)O[C@@H]1CO. The maximum atomic E-state index is 16.3. The number of phosphoric ester groups is 1. The Labute approximate surface area is 293 Å². The molecule has 7 rings (SSSR count). The average Bonchev–Trinajstić information content (AvgIpc) is 3.85. The molecule has 4 N–H and O–H groups in total. The second-order valence-corrected chi connectivity index (χ2v) is 13.7. The summed E-state index contributed by atoms with van der Waals surface area (Å²) in [5, 5.41) is 32.1. The number of fused-ring (bicyclic) bond motifs is 2. The van der Waals surface area contributed by atoms with E-state index in [1.165, 1.54) is 23.5 Å². The highest BCUT2D eigenvalue weighted by molar-refractivity contribution is 7.48. The van der Waals surface area contributed by atoms with E-state index in [-0.39, 0.29) is 60.7 Å². The monoisotopic (exact) mass is 738 g/mol. The Morgan fingerprint density at radius 3 is 2.62 bits per heavy atom. The zero-order valence-electron chi connectivity index (χ0n) is 27.1. The summed E-state index contributed by atoms with van der Waals surface area (Å²) >= 11 is 0. The number of H-pyrrole nitrogens is 1. The van der Waals surface area contributed by atoms with Crippen LogP contribution in [-0.4, -0.2) is 100.0 Å². The van der Waals surface area contributed by atoms with Gasteiger partial charge in [-0.05, 0) is 24.5 Å². The predicted molar refractivity (Wildman–Crippen MR) is 176 cm³/mol. The summed E-state index contributed by atoms with van der Waals surface area (Å²) in [4.78, 5) is 48.2. The molecule has 272 valence electrons. The summed E-state index contributed by atoms with van der Waals surface area (Å²) in [5.41, 5.74) is 0.666. The lowest BCUT2D eigenvalue weighted by Gasteiger charge is -2.44. The number of amides is 1. The first kappa shape index (κ1) is 35.4. The molecule has 1 aliphatic heterocycles. The number of phosphoric acid groups is 1. The summed E-state index contributed by atoms with van der Waals surface area (Å²) in [6, 6.07) is 9.96. The molecule has 4 aromatic heterocycles. The van der Waals surface area contributed by atoms with Crippen molar-refractivity contribution in [1.82, 2.24) is 39.0 Å². The first-order chi connectivity index (χ1) is 25.2. The Hall–Kier alpha value is -5.00. The van der Waals surface area contributed by atoms with E-state index in [0.29, 0.717) is 17.6 Å². The molecule has 19 nitrogen and oxygen atoms in total. The van der Waals surface area contributed by atoms with Crippen molar-refractivity contribution in [2.24, 2.45) is 11.8 Å². The second kappa shape index (κ2) is 14.9. The third-order valence-electron chi connectivity index (χ3n) is 9.09. The van der Waals surface area contributed by atoms with E-state index in [1.807, 2.05) is 6.07 Å². The fraction of sp³-hybridized carbons (Fsp3) is 0.419. The molecule has 1 amide bonds. The lowest BCUT2D eigenvalue weighted by atomic mass is 9.70. The maximum absolute atomic E-state index is 16.3. The third kappa shape index (κ3) is 6.70. The standard InChI is InChI=1S/C31H32FN10O9P/c32-22-25(21(11-44)50-31(22)42-16-38-23-26(34-13-35-27(23)42)40-29(45)17-5-2-1-3-6-17)51-52(47,48-8-4-7-33)49-12-18-9-20(19(18)10-43)41-15-39-24-28(41)36-14-37-30(24)46/h1-3,5-6,13-16,18-22,25,31,43-44H,4,8-12H2,(H,36,37,46)(H,34,35,40,45)/t18-,19-,20-,21-,22-,25-,31-,52?/m1/s1. The molecule has 1 aromatic carbocycles. The van der Waals surface area contributed by atoms with Crippen LogP contribution in [-0.2, 0) is 22.9 Å². The minimum absolute atomic E-state index is 0.0619. The first-order valence-electron chi connectivity index (χ1n) is 16.1. The highest BCUT2D eigenvalue weighted by atomic mass is 31.2. The highest BCUT2D eigenvalue weighted by Gasteiger charge is 2.52. The zero-order chi connectivity index (χ0) is 36.4. The number of alkyl halides is 1. The second-order valence-electron chi connectivity index (χ2n) is 12.1. The number of aliphatic hydroxyl groups is 2. The van der Waals surface area contributed by atoms with Gasteiger partial charge in [-0.3, -0.25) is 27.7 Å². The smallest absolute Gasteiger partial charge is 0.396 e. The molecule has 5 heterocycles. The van der Waals surface area contributed by atoms with Gasteiger partial charge in [0.25, 0.3) is 11.5 Å². The van der Waals surface area contributed by atoms with E-state index in [9.17, 15) is 24.4 Å². The van der Waals surface area contributed by atoms with Gasteiger partial charge in [0, 0.05) is 24.1 Å². The Morgan fingerprint density at radius 1 is 1.08 bits per heavy atom. The van der Waals surface area contributed by atoms with Crippen LogP contribution in [0.1, 0.15) is 35.5 Å². The van der Waals surface area contributed by atoms with Crippen LogP contribution in [0.4, 0.5) is 10.2 Å². The Balaban J connectivity index is 1.07. The fourth-order valence-electron chi connectivity index (χ4n) is 6.39. The van der Waals surface area contributed by atoms with Gasteiger partial charge in [0.1, 0.15) is 18.5 Å². The van der Waals surface area contributed by atoms with Gasteiger partial charge >= 0.3 is 7.82 Å². The molecular formula is C31H32FN10O9P. The number of aromatic nitrogens is 8. The van der Waals surface area contributed by atoms with Gasteiger partial charge in [-0.1, -0.05) is 18.2 Å². The van der Waals surface area contributed by atoms with Crippen molar-refractivity contribution in [3.8, 4) is 6.07 Å². The first-order valence-corrected chi connectivity index (χ1v) is 17.6. The number of nitrogens with zero attached hydrogens (tertiary/aromatic N) is 8. The molecule has 0 spiro atoms. The minimum Gasteiger partial charge on any atom is -0.396 e. The lowest BCUT2D eigenvalue weighted by molar-refractivity contribution is -0.0503. The number of ether oxygens (including phenoxy) is 1. The summed E-state index contributed by atoms with van der Waals surface area (Å²) in [5.74, 6) is -1.19. The third-order valence-corrected chi connectivity index (χ3v) is 10.6. The van der Waals surface area contributed by atoms with Gasteiger partial charge in [0.15, 0.2) is 40.5 Å². The van der Waals surface area contributed by atoms with Crippen LogP contribution >= 0.6 is 7.82 Å². The van der Waals surface area contributed by atoms with E-state index in [2.05, 4.69) is 35.2 Å². The van der Waals surface area contributed by atoms with E-state index >= 15 is 4.39 Å². The van der Waals surface area contributed by atoms with Gasteiger partial charge in [-0.25, -0.2) is 33.9 Å². The molecule has 1 saturated carbocycles. The number of nitriles is 1. The summed E-state index contributed by atoms with van der Waals surface area (Å²) in [6.45, 7) is -1.65. The van der Waals surface area contributed by atoms with E-state index in [4.69, 9.17) is 23.6 Å². The minimum atomic E-state index is -4.63. The largest absolute Gasteiger partial charge is 0.475 e. The van der Waals surface area contributed by atoms with Crippen LogP contribution in [0.5, 0.6) is 0 Å². The molecule has 2 aliphatic rings. The Morgan fingerprint density at radius 2 is 1.85 bits per heavy atom. The summed E-state index contributed by atoms with van der Waals surface area (Å²) < 4.78 is 55.8. The normalized spacial score (nSPS) is 25.5. The number of aliphatic hydroxyl groups excluding tert-OH is 2. The number of halogens is 1. The molecule has 0 radical (unpaired) electrons. The number of aromatic amines is 1. The van der Waals surface area contributed by atoms with Crippen LogP contribution in [0.15, 0.2) is 60.4 Å². The number of carbonyl (C=O) groups excluding carboxylic acids is 1. The molecule has 1 unspecified atom stereocenters. The number of hydrogen-bond donors (Lipinski definition) is 4. The molecule has 21 heteroatoms. The van der Waals surface area contributed by atoms with Crippen molar-refractivity contribution in [2.45, 2.75) is 43.5 Å². The van der Waals surface area contributed by atoms with Gasteiger partial charge in [-0.15, -0.1) is 0 Å². The molecule has 0 bridgehead atoms. The van der Waals surface area contributed by atoms with E-state index in [1.54, 1.807) is 34.9 Å². The summed E-state index contributed by atoms with van der Waals surface area (Å²) in [6.07, 6.45) is -1.27. The Kier molecular flexibility index (Phi) is 10.2. The molecule has 5 aromatic rings. The van der Waals surface area contributed by atoms with Crippen molar-refractivity contribution in [3.05, 3.63) is 71.6 Å². The van der Waals surface area contributed by atoms with E-state index < -0.39 is 56.4 Å². The highest BCUT2D eigenvalue weighted by Crippen LogP contribution is 2.56. The molecular weight excluding hydrogens is 706 g/mol. The van der Waals surface area contributed by atoms with Gasteiger partial charge in [0.2, 0.25) is 0 Å². The van der Waals surface area contributed by atoms with Gasteiger partial charge < -0.3 is 29.8 Å². The van der Waals surface area contributed by atoms with E-state index in [0.717, 1.165) is 6.33 Å². The number of benzene rings is 1. The Bertz CT molecular complexity index is 2210. The van der Waals surface area contributed by atoms with Crippen LogP contribution in [0, 0.1) is 23.2 Å². The number of rotatable bonds is 14. The van der Waals surface area contributed by atoms with Crippen molar-refractivity contribution >= 4 is 41.9 Å². The average molecular weight is 739 g/mol. The number of hydrogen-bond acceptors (Lipinski definition) is 15. The maximum Gasteiger partial charge on any atom is 0.475 e. The number of nitrogens with one attached hydrogen (secondary N) is 2. The van der Waals surface area contributed by atoms with Crippen molar-refractivity contribution < 1.29 is 42.3 Å². The molecule has 1 aliphatic carbocycles. The van der Waals surface area contributed by atoms with Crippen LogP contribution in [0.3, 0.4) is 0 Å². The fourth-order valence-corrected chi connectivity index (χ4v) is 7.83. The summed E-state index contributed by atoms with van der Waals surface area (Å²) in [7, 11) is -4.63.